The first kappa shape index (κ1) is 16.5. The summed E-state index contributed by atoms with van der Waals surface area (Å²) >= 11 is 5.87. The molecule has 2 heterocycles. The summed E-state index contributed by atoms with van der Waals surface area (Å²) in [6, 6.07) is 0. The van der Waals surface area contributed by atoms with Crippen LogP contribution in [0.15, 0.2) is 0 Å². The molecule has 0 aromatic rings. The number of ether oxygens (including phenoxy) is 1. The van der Waals surface area contributed by atoms with Gasteiger partial charge in [0.15, 0.2) is 0 Å². The topological polar surface area (TPSA) is 49.9 Å². The van der Waals surface area contributed by atoms with Crippen LogP contribution in [0.1, 0.15) is 33.6 Å². The molecule has 2 unspecified atom stereocenters. The lowest BCUT2D eigenvalue weighted by molar-refractivity contribution is -0.109. The van der Waals surface area contributed by atoms with E-state index in [4.69, 9.17) is 16.3 Å². The molecular formula is C13H25ClN2O3S. The van der Waals surface area contributed by atoms with E-state index in [1.165, 1.54) is 0 Å². The van der Waals surface area contributed by atoms with Gasteiger partial charge < -0.3 is 4.74 Å². The Labute approximate surface area is 127 Å². The summed E-state index contributed by atoms with van der Waals surface area (Å²) in [6.45, 7) is 7.89. The van der Waals surface area contributed by atoms with Crippen molar-refractivity contribution in [2.75, 3.05) is 32.1 Å². The lowest BCUT2D eigenvalue weighted by Gasteiger charge is -2.43. The number of nitrogens with zero attached hydrogens (tertiary/aromatic N) is 2. The highest BCUT2D eigenvalue weighted by Gasteiger charge is 2.41. The number of morpholine rings is 1. The Morgan fingerprint density at radius 1 is 1.30 bits per heavy atom. The molecule has 2 fully saturated rings. The first-order valence-corrected chi connectivity index (χ1v) is 9.17. The van der Waals surface area contributed by atoms with Gasteiger partial charge in [0.2, 0.25) is 0 Å². The van der Waals surface area contributed by atoms with E-state index >= 15 is 0 Å². The molecule has 20 heavy (non-hydrogen) atoms. The number of rotatable bonds is 3. The Balaban J connectivity index is 2.15. The molecule has 0 spiro atoms. The summed E-state index contributed by atoms with van der Waals surface area (Å²) in [5.74, 6) is 0.739. The monoisotopic (exact) mass is 324 g/mol. The molecule has 2 rings (SSSR count). The lowest BCUT2D eigenvalue weighted by Crippen LogP contribution is -2.58. The van der Waals surface area contributed by atoms with Gasteiger partial charge in [-0.05, 0) is 32.6 Å². The highest BCUT2D eigenvalue weighted by Crippen LogP contribution is 2.27. The highest BCUT2D eigenvalue weighted by molar-refractivity contribution is 7.86. The third-order valence-electron chi connectivity index (χ3n) is 3.89. The molecule has 2 aliphatic rings. The van der Waals surface area contributed by atoms with Crippen LogP contribution in [0, 0.1) is 5.92 Å². The van der Waals surface area contributed by atoms with Crippen molar-refractivity contribution in [3.05, 3.63) is 0 Å². The number of alkyl halides is 1. The standard InChI is InChI=1S/C13H25ClN2O3S/c1-11-5-4-6-15(8-11)20(17,18)16-9-12(7-14)19-13(2,3)10-16/h11-12H,4-10H2,1-3H3. The van der Waals surface area contributed by atoms with Gasteiger partial charge in [0.25, 0.3) is 10.2 Å². The normalized spacial score (nSPS) is 33.2. The van der Waals surface area contributed by atoms with Crippen LogP contribution >= 0.6 is 11.6 Å². The fraction of sp³-hybridized carbons (Fsp3) is 1.00. The van der Waals surface area contributed by atoms with Crippen molar-refractivity contribution in [1.29, 1.82) is 0 Å². The molecule has 118 valence electrons. The Bertz CT molecular complexity index is 441. The zero-order chi connectivity index (χ0) is 15.0. The third-order valence-corrected chi connectivity index (χ3v) is 6.15. The molecule has 0 amide bonds. The lowest BCUT2D eigenvalue weighted by atomic mass is 10.0. The average molecular weight is 325 g/mol. The fourth-order valence-electron chi connectivity index (χ4n) is 3.02. The van der Waals surface area contributed by atoms with Crippen LogP contribution < -0.4 is 0 Å². The number of piperidine rings is 1. The molecule has 2 atom stereocenters. The van der Waals surface area contributed by atoms with Gasteiger partial charge in [-0.15, -0.1) is 11.6 Å². The maximum atomic E-state index is 12.8. The van der Waals surface area contributed by atoms with Gasteiger partial charge in [0, 0.05) is 32.1 Å². The Morgan fingerprint density at radius 2 is 2.00 bits per heavy atom. The van der Waals surface area contributed by atoms with Crippen LogP contribution in [0.4, 0.5) is 0 Å². The summed E-state index contributed by atoms with van der Waals surface area (Å²) in [4.78, 5) is 0. The van der Waals surface area contributed by atoms with Gasteiger partial charge >= 0.3 is 0 Å². The van der Waals surface area contributed by atoms with Crippen LogP contribution in [-0.2, 0) is 14.9 Å². The second-order valence-electron chi connectivity index (χ2n) is 6.56. The van der Waals surface area contributed by atoms with Crippen molar-refractivity contribution < 1.29 is 13.2 Å². The molecule has 0 N–H and O–H groups in total. The van der Waals surface area contributed by atoms with Crippen molar-refractivity contribution in [1.82, 2.24) is 8.61 Å². The Morgan fingerprint density at radius 3 is 2.60 bits per heavy atom. The molecule has 0 radical (unpaired) electrons. The predicted octanol–water partition coefficient (Wildman–Crippen LogP) is 1.68. The summed E-state index contributed by atoms with van der Waals surface area (Å²) < 4.78 is 34.5. The summed E-state index contributed by atoms with van der Waals surface area (Å²) in [5.41, 5.74) is -0.494. The van der Waals surface area contributed by atoms with Crippen LogP contribution in [0.5, 0.6) is 0 Å². The van der Waals surface area contributed by atoms with Crippen molar-refractivity contribution in [3.8, 4) is 0 Å². The van der Waals surface area contributed by atoms with Gasteiger partial charge in [-0.25, -0.2) is 0 Å². The van der Waals surface area contributed by atoms with Gasteiger partial charge in [-0.1, -0.05) is 6.92 Å². The van der Waals surface area contributed by atoms with Gasteiger partial charge in [0.1, 0.15) is 0 Å². The quantitative estimate of drug-likeness (QED) is 0.742. The van der Waals surface area contributed by atoms with E-state index in [1.54, 1.807) is 8.61 Å². The SMILES string of the molecule is CC1CCCN(S(=O)(=O)N2CC(CCl)OC(C)(C)C2)C1. The molecular weight excluding hydrogens is 300 g/mol. The van der Waals surface area contributed by atoms with E-state index in [1.807, 2.05) is 13.8 Å². The Kier molecular flexibility index (Phi) is 5.02. The fourth-order valence-corrected chi connectivity index (χ4v) is 5.14. The molecule has 0 aromatic carbocycles. The summed E-state index contributed by atoms with van der Waals surface area (Å²) in [7, 11) is -3.40. The second kappa shape index (κ2) is 6.08. The maximum absolute atomic E-state index is 12.8. The summed E-state index contributed by atoms with van der Waals surface area (Å²) in [5, 5.41) is 0. The molecule has 2 saturated heterocycles. The van der Waals surface area contributed by atoms with E-state index in [2.05, 4.69) is 6.92 Å². The number of halogens is 1. The van der Waals surface area contributed by atoms with Crippen molar-refractivity contribution in [2.45, 2.75) is 45.3 Å². The zero-order valence-electron chi connectivity index (χ0n) is 12.5. The van der Waals surface area contributed by atoms with Crippen molar-refractivity contribution in [2.24, 2.45) is 5.92 Å². The molecule has 0 aliphatic carbocycles. The second-order valence-corrected chi connectivity index (χ2v) is 8.80. The minimum absolute atomic E-state index is 0.239. The van der Waals surface area contributed by atoms with Gasteiger partial charge in [-0.2, -0.15) is 17.0 Å². The minimum Gasteiger partial charge on any atom is -0.368 e. The number of hydrogen-bond acceptors (Lipinski definition) is 3. The van der Waals surface area contributed by atoms with E-state index in [0.29, 0.717) is 38.0 Å². The molecule has 5 nitrogen and oxygen atoms in total. The average Bonchev–Trinajstić information content (AvgIpc) is 2.36. The van der Waals surface area contributed by atoms with E-state index in [9.17, 15) is 8.42 Å². The minimum atomic E-state index is -3.40. The molecule has 0 bridgehead atoms. The molecule has 2 aliphatic heterocycles. The van der Waals surface area contributed by atoms with Crippen LogP contribution in [0.25, 0.3) is 0 Å². The Hall–Kier alpha value is 0.120. The largest absolute Gasteiger partial charge is 0.368 e. The van der Waals surface area contributed by atoms with Crippen LogP contribution in [-0.4, -0.2) is 60.8 Å². The van der Waals surface area contributed by atoms with E-state index in [-0.39, 0.29) is 6.10 Å². The zero-order valence-corrected chi connectivity index (χ0v) is 14.1. The summed E-state index contributed by atoms with van der Waals surface area (Å²) in [6.07, 6.45) is 1.80. The van der Waals surface area contributed by atoms with Gasteiger partial charge in [0.05, 0.1) is 11.7 Å². The van der Waals surface area contributed by atoms with Crippen molar-refractivity contribution in [3.63, 3.8) is 0 Å². The molecule has 0 aromatic heterocycles. The highest BCUT2D eigenvalue weighted by atomic mass is 35.5. The van der Waals surface area contributed by atoms with E-state index < -0.39 is 15.8 Å². The van der Waals surface area contributed by atoms with Gasteiger partial charge in [-0.3, -0.25) is 0 Å². The molecule has 0 saturated carbocycles. The van der Waals surface area contributed by atoms with Crippen molar-refractivity contribution >= 4 is 21.8 Å². The number of hydrogen-bond donors (Lipinski definition) is 0. The third kappa shape index (κ3) is 3.65. The maximum Gasteiger partial charge on any atom is 0.282 e. The first-order chi connectivity index (χ1) is 9.24. The van der Waals surface area contributed by atoms with Crippen LogP contribution in [0.3, 0.4) is 0 Å². The smallest absolute Gasteiger partial charge is 0.282 e. The van der Waals surface area contributed by atoms with Crippen LogP contribution in [0.2, 0.25) is 0 Å². The predicted molar refractivity (Wildman–Crippen MR) is 80.1 cm³/mol. The first-order valence-electron chi connectivity index (χ1n) is 7.23. The molecule has 7 heteroatoms. The van der Waals surface area contributed by atoms with E-state index in [0.717, 1.165) is 12.8 Å².